The number of hydrogen-bond donors (Lipinski definition) is 0. The first-order valence-corrected chi connectivity index (χ1v) is 6.01. The number of fused-ring (bicyclic) bond motifs is 1. The summed E-state index contributed by atoms with van der Waals surface area (Å²) in [5.41, 5.74) is 1.51. The molecule has 5 heteroatoms. The molecule has 2 aromatic rings. The Kier molecular flexibility index (Phi) is 3.33. The quantitative estimate of drug-likeness (QED) is 0.809. The molecule has 0 saturated carbocycles. The second kappa shape index (κ2) is 4.74. The van der Waals surface area contributed by atoms with E-state index in [4.69, 9.17) is 0 Å². The molecule has 0 bridgehead atoms. The molecule has 0 fully saturated rings. The van der Waals surface area contributed by atoms with Crippen LogP contribution < -0.4 is 4.90 Å². The van der Waals surface area contributed by atoms with E-state index in [0.717, 1.165) is 17.9 Å². The molecule has 0 aliphatic heterocycles. The molecule has 0 aliphatic carbocycles. The molecule has 1 atom stereocenters. The lowest BCUT2D eigenvalue weighted by molar-refractivity contribution is 0.862. The van der Waals surface area contributed by atoms with Crippen LogP contribution >= 0.6 is 15.9 Å². The minimum atomic E-state index is 0.428. The van der Waals surface area contributed by atoms with Gasteiger partial charge >= 0.3 is 0 Å². The molecular weight excluding hydrogens is 268 g/mol. The number of alkyl halides is 1. The number of anilines is 1. The minimum Gasteiger partial charge on any atom is -0.358 e. The van der Waals surface area contributed by atoms with Crippen LogP contribution in [0.25, 0.3) is 11.2 Å². The maximum atomic E-state index is 4.46. The van der Waals surface area contributed by atoms with Crippen molar-refractivity contribution in [1.82, 2.24) is 15.0 Å². The third kappa shape index (κ3) is 2.47. The van der Waals surface area contributed by atoms with Gasteiger partial charge in [-0.2, -0.15) is 0 Å². The number of nitrogens with zero attached hydrogens (tertiary/aromatic N) is 4. The summed E-state index contributed by atoms with van der Waals surface area (Å²) in [5.74, 6) is 0.916. The van der Waals surface area contributed by atoms with E-state index in [0.29, 0.717) is 10.5 Å². The highest BCUT2D eigenvalue weighted by Crippen LogP contribution is 2.14. The minimum absolute atomic E-state index is 0.428. The van der Waals surface area contributed by atoms with Gasteiger partial charge in [0.05, 0.1) is 0 Å². The van der Waals surface area contributed by atoms with Gasteiger partial charge in [-0.1, -0.05) is 22.9 Å². The Morgan fingerprint density at radius 1 is 1.31 bits per heavy atom. The zero-order valence-electron chi connectivity index (χ0n) is 9.26. The summed E-state index contributed by atoms with van der Waals surface area (Å²) in [4.78, 5) is 15.4. The first-order valence-electron chi connectivity index (χ1n) is 5.10. The van der Waals surface area contributed by atoms with Crippen LogP contribution in [0.1, 0.15) is 6.92 Å². The average Bonchev–Trinajstić information content (AvgIpc) is 2.27. The molecular formula is C11H13BrN4. The highest BCUT2D eigenvalue weighted by molar-refractivity contribution is 9.09. The second-order valence-electron chi connectivity index (χ2n) is 3.73. The van der Waals surface area contributed by atoms with E-state index in [1.807, 2.05) is 19.2 Å². The Bertz CT molecular complexity index is 486. The molecule has 0 amide bonds. The highest BCUT2D eigenvalue weighted by atomic mass is 79.9. The first kappa shape index (κ1) is 11.3. The molecule has 0 spiro atoms. The Labute approximate surface area is 103 Å². The SMILES string of the molecule is CC(Br)CN(C)c1ccc2nccnc2n1. The largest absolute Gasteiger partial charge is 0.358 e. The molecule has 2 heterocycles. The Balaban J connectivity index is 2.32. The van der Waals surface area contributed by atoms with Gasteiger partial charge in [0, 0.05) is 30.8 Å². The van der Waals surface area contributed by atoms with Crippen LogP contribution in [0.15, 0.2) is 24.5 Å². The molecule has 0 aromatic carbocycles. The van der Waals surface area contributed by atoms with Crippen molar-refractivity contribution in [3.05, 3.63) is 24.5 Å². The summed E-state index contributed by atoms with van der Waals surface area (Å²) in [5, 5.41) is 0. The third-order valence-electron chi connectivity index (χ3n) is 2.23. The van der Waals surface area contributed by atoms with Crippen LogP contribution in [0.2, 0.25) is 0 Å². The van der Waals surface area contributed by atoms with Crippen molar-refractivity contribution in [3.63, 3.8) is 0 Å². The molecule has 1 unspecified atom stereocenters. The monoisotopic (exact) mass is 280 g/mol. The van der Waals surface area contributed by atoms with Crippen molar-refractivity contribution in [2.45, 2.75) is 11.8 Å². The van der Waals surface area contributed by atoms with E-state index in [-0.39, 0.29) is 0 Å². The molecule has 0 radical (unpaired) electrons. The number of rotatable bonds is 3. The van der Waals surface area contributed by atoms with Gasteiger partial charge in [-0.3, -0.25) is 4.98 Å². The van der Waals surface area contributed by atoms with Crippen LogP contribution in [0.3, 0.4) is 0 Å². The fourth-order valence-electron chi connectivity index (χ4n) is 1.53. The first-order chi connectivity index (χ1) is 7.66. The molecule has 16 heavy (non-hydrogen) atoms. The zero-order valence-corrected chi connectivity index (χ0v) is 10.8. The van der Waals surface area contributed by atoms with E-state index in [1.165, 1.54) is 0 Å². The Morgan fingerprint density at radius 3 is 2.81 bits per heavy atom. The predicted molar refractivity (Wildman–Crippen MR) is 69.0 cm³/mol. The fraction of sp³-hybridized carbons (Fsp3) is 0.364. The summed E-state index contributed by atoms with van der Waals surface area (Å²) < 4.78 is 0. The molecule has 2 aromatic heterocycles. The summed E-state index contributed by atoms with van der Waals surface area (Å²) in [6, 6.07) is 3.91. The number of pyridine rings is 1. The van der Waals surface area contributed by atoms with Gasteiger partial charge in [0.15, 0.2) is 5.65 Å². The van der Waals surface area contributed by atoms with Gasteiger partial charge in [0.1, 0.15) is 11.3 Å². The van der Waals surface area contributed by atoms with Gasteiger partial charge in [-0.05, 0) is 12.1 Å². The lowest BCUT2D eigenvalue weighted by Gasteiger charge is -2.19. The zero-order chi connectivity index (χ0) is 11.5. The van der Waals surface area contributed by atoms with Gasteiger partial charge in [-0.15, -0.1) is 0 Å². The molecule has 4 nitrogen and oxygen atoms in total. The van der Waals surface area contributed by atoms with Crippen LogP contribution in [0.4, 0.5) is 5.82 Å². The van der Waals surface area contributed by atoms with E-state index in [2.05, 4.69) is 42.7 Å². The standard InChI is InChI=1S/C11H13BrN4/c1-8(12)7-16(2)10-4-3-9-11(15-10)14-6-5-13-9/h3-6,8H,7H2,1-2H3. The maximum absolute atomic E-state index is 4.46. The van der Waals surface area contributed by atoms with Crippen LogP contribution in [-0.4, -0.2) is 33.4 Å². The molecule has 0 saturated heterocycles. The van der Waals surface area contributed by atoms with Crippen molar-refractivity contribution in [2.24, 2.45) is 0 Å². The smallest absolute Gasteiger partial charge is 0.180 e. The van der Waals surface area contributed by atoms with Gasteiger partial charge in [0.2, 0.25) is 0 Å². The summed E-state index contributed by atoms with van der Waals surface area (Å²) >= 11 is 3.52. The highest BCUT2D eigenvalue weighted by Gasteiger charge is 2.06. The van der Waals surface area contributed by atoms with E-state index in [9.17, 15) is 0 Å². The lowest BCUT2D eigenvalue weighted by atomic mass is 10.3. The van der Waals surface area contributed by atoms with E-state index >= 15 is 0 Å². The van der Waals surface area contributed by atoms with Crippen molar-refractivity contribution in [1.29, 1.82) is 0 Å². The molecule has 84 valence electrons. The predicted octanol–water partition coefficient (Wildman–Crippen LogP) is 2.24. The molecule has 0 aliphatic rings. The fourth-order valence-corrected chi connectivity index (χ4v) is 1.96. The average molecular weight is 281 g/mol. The number of halogens is 1. The van der Waals surface area contributed by atoms with E-state index < -0.39 is 0 Å². The topological polar surface area (TPSA) is 41.9 Å². The Hall–Kier alpha value is -1.23. The summed E-state index contributed by atoms with van der Waals surface area (Å²) in [7, 11) is 2.02. The summed E-state index contributed by atoms with van der Waals surface area (Å²) in [6.45, 7) is 3.01. The molecule has 0 N–H and O–H groups in total. The maximum Gasteiger partial charge on any atom is 0.180 e. The number of hydrogen-bond acceptors (Lipinski definition) is 4. The molecule has 2 rings (SSSR count). The van der Waals surface area contributed by atoms with Crippen LogP contribution in [0, 0.1) is 0 Å². The van der Waals surface area contributed by atoms with Gasteiger partial charge in [0.25, 0.3) is 0 Å². The van der Waals surface area contributed by atoms with E-state index in [1.54, 1.807) is 12.4 Å². The number of aromatic nitrogens is 3. The van der Waals surface area contributed by atoms with Gasteiger partial charge < -0.3 is 4.90 Å². The van der Waals surface area contributed by atoms with Crippen molar-refractivity contribution < 1.29 is 0 Å². The Morgan fingerprint density at radius 2 is 2.06 bits per heavy atom. The van der Waals surface area contributed by atoms with Crippen LogP contribution in [0.5, 0.6) is 0 Å². The second-order valence-corrected chi connectivity index (χ2v) is 5.29. The summed E-state index contributed by atoms with van der Waals surface area (Å²) in [6.07, 6.45) is 3.33. The lowest BCUT2D eigenvalue weighted by Crippen LogP contribution is -2.24. The van der Waals surface area contributed by atoms with Crippen molar-refractivity contribution in [2.75, 3.05) is 18.5 Å². The van der Waals surface area contributed by atoms with Crippen molar-refractivity contribution >= 4 is 32.9 Å². The normalized spacial score (nSPS) is 12.7. The van der Waals surface area contributed by atoms with Gasteiger partial charge in [-0.25, -0.2) is 9.97 Å². The third-order valence-corrected chi connectivity index (χ3v) is 2.52. The van der Waals surface area contributed by atoms with Crippen molar-refractivity contribution in [3.8, 4) is 0 Å². The van der Waals surface area contributed by atoms with Crippen LogP contribution in [-0.2, 0) is 0 Å².